The molecule has 1 aromatic rings. The Morgan fingerprint density at radius 3 is 2.56 bits per heavy atom. The molecule has 6 heteroatoms. The van der Waals surface area contributed by atoms with Gasteiger partial charge in [0, 0.05) is 25.8 Å². The number of anilines is 1. The van der Waals surface area contributed by atoms with Crippen molar-refractivity contribution in [2.45, 2.75) is 25.6 Å². The molecule has 0 spiro atoms. The second-order valence-electron chi connectivity index (χ2n) is 4.48. The van der Waals surface area contributed by atoms with Gasteiger partial charge < -0.3 is 10.6 Å². The molecule has 1 aromatic heterocycles. The van der Waals surface area contributed by atoms with Crippen molar-refractivity contribution in [3.8, 4) is 0 Å². The molecule has 0 saturated carbocycles. The third-order valence-electron chi connectivity index (χ3n) is 3.36. The fourth-order valence-electron chi connectivity index (χ4n) is 2.32. The Morgan fingerprint density at radius 2 is 2.00 bits per heavy atom. The highest BCUT2D eigenvalue weighted by Gasteiger charge is 2.41. The molecule has 2 rings (SSSR count). The number of hydrogen-bond donors (Lipinski definition) is 1. The molecule has 0 atom stereocenters. The van der Waals surface area contributed by atoms with Crippen molar-refractivity contribution in [2.75, 3.05) is 18.0 Å². The molecule has 18 heavy (non-hydrogen) atoms. The third kappa shape index (κ3) is 2.75. The van der Waals surface area contributed by atoms with E-state index in [1.807, 2.05) is 11.0 Å². The summed E-state index contributed by atoms with van der Waals surface area (Å²) in [6.07, 6.45) is -2.14. The first kappa shape index (κ1) is 13.1. The van der Waals surface area contributed by atoms with Crippen LogP contribution in [0.1, 0.15) is 18.5 Å². The summed E-state index contributed by atoms with van der Waals surface area (Å²) in [6, 6.07) is 3.65. The number of nitrogens with two attached hydrogens (primary N) is 1. The number of hydrogen-bond acceptors (Lipinski definition) is 3. The summed E-state index contributed by atoms with van der Waals surface area (Å²) in [6.45, 7) is 1.11. The Hall–Kier alpha value is -1.30. The standard InChI is InChI=1S/C12H16F3N3/c13-12(14,15)9-3-6-18(7-4-9)11-2-1-5-17-10(11)8-16/h1-2,5,9H,3-4,6-8,16H2. The largest absolute Gasteiger partial charge is 0.391 e. The average molecular weight is 259 g/mol. The Morgan fingerprint density at radius 1 is 1.33 bits per heavy atom. The Bertz CT molecular complexity index is 398. The van der Waals surface area contributed by atoms with Crippen molar-refractivity contribution in [3.05, 3.63) is 24.0 Å². The number of halogens is 3. The smallest absolute Gasteiger partial charge is 0.370 e. The summed E-state index contributed by atoms with van der Waals surface area (Å²) in [7, 11) is 0. The minimum absolute atomic E-state index is 0.141. The molecule has 2 N–H and O–H groups in total. The molecule has 0 aromatic carbocycles. The van der Waals surface area contributed by atoms with Crippen molar-refractivity contribution in [1.82, 2.24) is 4.98 Å². The van der Waals surface area contributed by atoms with Crippen LogP contribution in [0.15, 0.2) is 18.3 Å². The molecule has 0 unspecified atom stereocenters. The average Bonchev–Trinajstić information content (AvgIpc) is 2.38. The van der Waals surface area contributed by atoms with Gasteiger partial charge in [-0.05, 0) is 25.0 Å². The lowest BCUT2D eigenvalue weighted by Crippen LogP contribution is -2.39. The van der Waals surface area contributed by atoms with Gasteiger partial charge in [-0.2, -0.15) is 13.2 Å². The van der Waals surface area contributed by atoms with E-state index < -0.39 is 12.1 Å². The number of alkyl halides is 3. The van der Waals surface area contributed by atoms with Crippen LogP contribution in [0.4, 0.5) is 18.9 Å². The van der Waals surface area contributed by atoms with E-state index >= 15 is 0 Å². The highest BCUT2D eigenvalue weighted by molar-refractivity contribution is 5.50. The van der Waals surface area contributed by atoms with Crippen LogP contribution in [0.25, 0.3) is 0 Å². The van der Waals surface area contributed by atoms with Crippen molar-refractivity contribution in [3.63, 3.8) is 0 Å². The molecule has 0 aliphatic carbocycles. The maximum atomic E-state index is 12.6. The van der Waals surface area contributed by atoms with E-state index in [2.05, 4.69) is 4.98 Å². The van der Waals surface area contributed by atoms with E-state index in [-0.39, 0.29) is 12.8 Å². The molecular weight excluding hydrogens is 243 g/mol. The normalized spacial score (nSPS) is 18.1. The van der Waals surface area contributed by atoms with Gasteiger partial charge in [-0.25, -0.2) is 0 Å². The summed E-state index contributed by atoms with van der Waals surface area (Å²) >= 11 is 0. The minimum atomic E-state index is -4.07. The molecule has 1 fully saturated rings. The second-order valence-corrected chi connectivity index (χ2v) is 4.48. The molecule has 0 amide bonds. The van der Waals surface area contributed by atoms with Gasteiger partial charge in [-0.15, -0.1) is 0 Å². The van der Waals surface area contributed by atoms with Gasteiger partial charge in [0.2, 0.25) is 0 Å². The maximum Gasteiger partial charge on any atom is 0.391 e. The predicted octanol–water partition coefficient (Wildman–Crippen LogP) is 2.32. The van der Waals surface area contributed by atoms with Gasteiger partial charge in [0.05, 0.1) is 17.3 Å². The Kier molecular flexibility index (Phi) is 3.75. The highest BCUT2D eigenvalue weighted by atomic mass is 19.4. The first-order valence-electron chi connectivity index (χ1n) is 5.98. The van der Waals surface area contributed by atoms with Crippen molar-refractivity contribution < 1.29 is 13.2 Å². The SMILES string of the molecule is NCc1ncccc1N1CCC(C(F)(F)F)CC1. The lowest BCUT2D eigenvalue weighted by Gasteiger charge is -2.35. The highest BCUT2D eigenvalue weighted by Crippen LogP contribution is 2.35. The molecule has 0 bridgehead atoms. The molecule has 1 aliphatic rings. The Labute approximate surface area is 104 Å². The van der Waals surface area contributed by atoms with Crippen LogP contribution in [0.2, 0.25) is 0 Å². The van der Waals surface area contributed by atoms with Crippen LogP contribution < -0.4 is 10.6 Å². The fourth-order valence-corrected chi connectivity index (χ4v) is 2.32. The van der Waals surface area contributed by atoms with Crippen molar-refractivity contribution in [2.24, 2.45) is 11.7 Å². The van der Waals surface area contributed by atoms with Gasteiger partial charge >= 0.3 is 6.18 Å². The number of aromatic nitrogens is 1. The topological polar surface area (TPSA) is 42.1 Å². The first-order chi connectivity index (χ1) is 8.52. The minimum Gasteiger partial charge on any atom is -0.370 e. The fraction of sp³-hybridized carbons (Fsp3) is 0.583. The van der Waals surface area contributed by atoms with E-state index in [1.54, 1.807) is 12.3 Å². The molecule has 1 saturated heterocycles. The van der Waals surface area contributed by atoms with E-state index in [4.69, 9.17) is 5.73 Å². The van der Waals surface area contributed by atoms with Crippen molar-refractivity contribution in [1.29, 1.82) is 0 Å². The van der Waals surface area contributed by atoms with E-state index in [0.717, 1.165) is 11.4 Å². The molecule has 1 aliphatic heterocycles. The quantitative estimate of drug-likeness (QED) is 0.886. The van der Waals surface area contributed by atoms with E-state index in [0.29, 0.717) is 19.6 Å². The van der Waals surface area contributed by atoms with Crippen LogP contribution in [0.5, 0.6) is 0 Å². The van der Waals surface area contributed by atoms with Crippen LogP contribution in [0.3, 0.4) is 0 Å². The number of pyridine rings is 1. The monoisotopic (exact) mass is 259 g/mol. The summed E-state index contributed by atoms with van der Waals surface area (Å²) in [5.74, 6) is -1.17. The zero-order chi connectivity index (χ0) is 13.2. The van der Waals surface area contributed by atoms with Gasteiger partial charge in [-0.3, -0.25) is 4.98 Å². The number of piperidine rings is 1. The predicted molar refractivity (Wildman–Crippen MR) is 63.1 cm³/mol. The van der Waals surface area contributed by atoms with Crippen LogP contribution in [0, 0.1) is 5.92 Å². The van der Waals surface area contributed by atoms with Gasteiger partial charge in [0.15, 0.2) is 0 Å². The summed E-state index contributed by atoms with van der Waals surface area (Å²) in [5.41, 5.74) is 7.19. The van der Waals surface area contributed by atoms with Crippen LogP contribution >= 0.6 is 0 Å². The van der Waals surface area contributed by atoms with Crippen LogP contribution in [-0.2, 0) is 6.54 Å². The number of nitrogens with zero attached hydrogens (tertiary/aromatic N) is 2. The lowest BCUT2D eigenvalue weighted by molar-refractivity contribution is -0.179. The molecular formula is C12H16F3N3. The summed E-state index contributed by atoms with van der Waals surface area (Å²) in [4.78, 5) is 6.09. The van der Waals surface area contributed by atoms with Crippen LogP contribution in [-0.4, -0.2) is 24.2 Å². The molecule has 3 nitrogen and oxygen atoms in total. The molecule has 0 radical (unpaired) electrons. The third-order valence-corrected chi connectivity index (χ3v) is 3.36. The van der Waals surface area contributed by atoms with Crippen molar-refractivity contribution >= 4 is 5.69 Å². The second kappa shape index (κ2) is 5.14. The maximum absolute atomic E-state index is 12.6. The summed E-state index contributed by atoms with van der Waals surface area (Å²) in [5, 5.41) is 0. The summed E-state index contributed by atoms with van der Waals surface area (Å²) < 4.78 is 37.7. The molecule has 2 heterocycles. The van der Waals surface area contributed by atoms with Gasteiger partial charge in [0.25, 0.3) is 0 Å². The van der Waals surface area contributed by atoms with Gasteiger partial charge in [0.1, 0.15) is 0 Å². The van der Waals surface area contributed by atoms with Gasteiger partial charge in [-0.1, -0.05) is 0 Å². The zero-order valence-corrected chi connectivity index (χ0v) is 9.95. The lowest BCUT2D eigenvalue weighted by atomic mass is 9.96. The first-order valence-corrected chi connectivity index (χ1v) is 5.98. The number of rotatable bonds is 2. The zero-order valence-electron chi connectivity index (χ0n) is 9.95. The Balaban J connectivity index is 2.06. The molecule has 100 valence electrons. The van der Waals surface area contributed by atoms with E-state index in [1.165, 1.54) is 0 Å². The van der Waals surface area contributed by atoms with E-state index in [9.17, 15) is 13.2 Å².